The van der Waals surface area contributed by atoms with Gasteiger partial charge in [-0.05, 0) is 48.5 Å². The van der Waals surface area contributed by atoms with Crippen molar-refractivity contribution in [2.24, 2.45) is 0 Å². The van der Waals surface area contributed by atoms with E-state index in [0.717, 1.165) is 5.69 Å². The van der Waals surface area contributed by atoms with Crippen LogP contribution in [0, 0.1) is 5.82 Å². The van der Waals surface area contributed by atoms with Gasteiger partial charge >= 0.3 is 0 Å². The van der Waals surface area contributed by atoms with Gasteiger partial charge in [-0.1, -0.05) is 30.0 Å². The molecule has 1 atom stereocenters. The van der Waals surface area contributed by atoms with E-state index in [1.54, 1.807) is 12.3 Å². The van der Waals surface area contributed by atoms with Crippen molar-refractivity contribution in [3.8, 4) is 23.0 Å². The van der Waals surface area contributed by atoms with E-state index < -0.39 is 6.10 Å². The van der Waals surface area contributed by atoms with Gasteiger partial charge < -0.3 is 14.3 Å². The highest BCUT2D eigenvalue weighted by molar-refractivity contribution is 7.99. The zero-order valence-corrected chi connectivity index (χ0v) is 16.1. The van der Waals surface area contributed by atoms with Gasteiger partial charge in [0, 0.05) is 11.4 Å². The van der Waals surface area contributed by atoms with Crippen molar-refractivity contribution >= 4 is 11.8 Å². The first kappa shape index (κ1) is 19.2. The van der Waals surface area contributed by atoms with Gasteiger partial charge in [0.25, 0.3) is 0 Å². The number of thioether (sulfide) groups is 1. The lowest BCUT2D eigenvalue weighted by Crippen LogP contribution is -2.20. The number of hydrogen-bond acceptors (Lipinski definition) is 6. The second-order valence-corrected chi connectivity index (χ2v) is 7.17. The zero-order chi connectivity index (χ0) is 20.1. The minimum absolute atomic E-state index is 0.0865. The Hall–Kier alpha value is -3.10. The minimum Gasteiger partial charge on any atom is -0.491 e. The fourth-order valence-corrected chi connectivity index (χ4v) is 3.54. The number of aliphatic hydroxyl groups excluding tert-OH is 1. The van der Waals surface area contributed by atoms with Crippen LogP contribution in [0.4, 0.5) is 4.39 Å². The Bertz CT molecular complexity index is 1040. The smallest absolute Gasteiger partial charge is 0.205 e. The Morgan fingerprint density at radius 1 is 1.03 bits per heavy atom. The number of hydrogen-bond donors (Lipinski definition) is 1. The lowest BCUT2D eigenvalue weighted by Gasteiger charge is -2.13. The largest absolute Gasteiger partial charge is 0.491 e. The molecule has 29 heavy (non-hydrogen) atoms. The van der Waals surface area contributed by atoms with E-state index in [4.69, 9.17) is 9.15 Å². The Morgan fingerprint density at radius 3 is 2.55 bits per heavy atom. The predicted octanol–water partition coefficient (Wildman–Crippen LogP) is 4.20. The average molecular weight is 411 g/mol. The SMILES string of the molecule is OC(COc1ccc(F)cc1)CSc1nnc(-c2ccco2)n1-c1ccccc1. The van der Waals surface area contributed by atoms with Gasteiger partial charge in [-0.3, -0.25) is 4.57 Å². The van der Waals surface area contributed by atoms with Crippen molar-refractivity contribution in [2.75, 3.05) is 12.4 Å². The van der Waals surface area contributed by atoms with Crippen molar-refractivity contribution in [3.63, 3.8) is 0 Å². The maximum atomic E-state index is 12.9. The molecule has 8 heteroatoms. The molecule has 4 rings (SSSR count). The van der Waals surface area contributed by atoms with Crippen LogP contribution >= 0.6 is 11.8 Å². The minimum atomic E-state index is -0.738. The van der Waals surface area contributed by atoms with Crippen molar-refractivity contribution < 1.29 is 18.7 Å². The Labute approximate surface area is 171 Å². The highest BCUT2D eigenvalue weighted by Gasteiger charge is 2.19. The van der Waals surface area contributed by atoms with Gasteiger partial charge in [-0.15, -0.1) is 10.2 Å². The second kappa shape index (κ2) is 8.93. The number of furan rings is 1. The molecule has 0 saturated carbocycles. The molecule has 2 aromatic heterocycles. The second-order valence-electron chi connectivity index (χ2n) is 6.18. The fraction of sp³-hybridized carbons (Fsp3) is 0.143. The molecule has 148 valence electrons. The summed E-state index contributed by atoms with van der Waals surface area (Å²) in [7, 11) is 0. The summed E-state index contributed by atoms with van der Waals surface area (Å²) in [4.78, 5) is 0. The quantitative estimate of drug-likeness (QED) is 0.438. The number of ether oxygens (including phenoxy) is 1. The van der Waals surface area contributed by atoms with Crippen molar-refractivity contribution in [1.29, 1.82) is 0 Å². The van der Waals surface area contributed by atoms with E-state index in [1.165, 1.54) is 36.0 Å². The maximum absolute atomic E-state index is 12.9. The van der Waals surface area contributed by atoms with Crippen molar-refractivity contribution in [1.82, 2.24) is 14.8 Å². The van der Waals surface area contributed by atoms with E-state index in [0.29, 0.717) is 28.2 Å². The highest BCUT2D eigenvalue weighted by atomic mass is 32.2. The molecule has 6 nitrogen and oxygen atoms in total. The topological polar surface area (TPSA) is 73.3 Å². The molecule has 1 N–H and O–H groups in total. The average Bonchev–Trinajstić information content (AvgIpc) is 3.42. The number of para-hydroxylation sites is 1. The first-order valence-electron chi connectivity index (χ1n) is 8.94. The van der Waals surface area contributed by atoms with E-state index in [-0.39, 0.29) is 12.4 Å². The van der Waals surface area contributed by atoms with Crippen LogP contribution in [0.1, 0.15) is 0 Å². The highest BCUT2D eigenvalue weighted by Crippen LogP contribution is 2.28. The lowest BCUT2D eigenvalue weighted by molar-refractivity contribution is 0.126. The number of benzene rings is 2. The molecule has 1 unspecified atom stereocenters. The molecule has 0 amide bonds. The Balaban J connectivity index is 1.46. The van der Waals surface area contributed by atoms with Gasteiger partial charge in [0.2, 0.25) is 5.82 Å². The first-order valence-corrected chi connectivity index (χ1v) is 9.93. The van der Waals surface area contributed by atoms with Crippen LogP contribution in [-0.4, -0.2) is 38.3 Å². The van der Waals surface area contributed by atoms with Gasteiger partial charge in [-0.25, -0.2) is 4.39 Å². The summed E-state index contributed by atoms with van der Waals surface area (Å²) in [6.07, 6.45) is 0.848. The van der Waals surface area contributed by atoms with Crippen LogP contribution < -0.4 is 4.74 Å². The Kier molecular flexibility index (Phi) is 5.92. The van der Waals surface area contributed by atoms with E-state index >= 15 is 0 Å². The number of aromatic nitrogens is 3. The number of rotatable bonds is 8. The van der Waals surface area contributed by atoms with Crippen molar-refractivity contribution in [3.05, 3.63) is 78.8 Å². The third kappa shape index (κ3) is 4.67. The van der Waals surface area contributed by atoms with Gasteiger partial charge in [0.1, 0.15) is 18.2 Å². The van der Waals surface area contributed by atoms with Gasteiger partial charge in [0.15, 0.2) is 10.9 Å². The summed E-state index contributed by atoms with van der Waals surface area (Å²) in [5.41, 5.74) is 0.892. The predicted molar refractivity (Wildman–Crippen MR) is 108 cm³/mol. The van der Waals surface area contributed by atoms with E-state index in [9.17, 15) is 9.50 Å². The summed E-state index contributed by atoms with van der Waals surface area (Å²) in [5, 5.41) is 19.4. The van der Waals surface area contributed by atoms with E-state index in [1.807, 2.05) is 41.0 Å². The monoisotopic (exact) mass is 411 g/mol. The zero-order valence-electron chi connectivity index (χ0n) is 15.3. The van der Waals surface area contributed by atoms with Crippen molar-refractivity contribution in [2.45, 2.75) is 11.3 Å². The summed E-state index contributed by atoms with van der Waals surface area (Å²) in [5.74, 6) is 1.71. The van der Waals surface area contributed by atoms with Gasteiger partial charge in [-0.2, -0.15) is 0 Å². The summed E-state index contributed by atoms with van der Waals surface area (Å²) >= 11 is 1.36. The summed E-state index contributed by atoms with van der Waals surface area (Å²) in [6.45, 7) is 0.0865. The molecule has 0 radical (unpaired) electrons. The lowest BCUT2D eigenvalue weighted by atomic mass is 10.3. The van der Waals surface area contributed by atoms with E-state index in [2.05, 4.69) is 10.2 Å². The summed E-state index contributed by atoms with van der Waals surface area (Å²) < 4.78 is 25.8. The molecule has 0 fully saturated rings. The standard InChI is InChI=1S/C21H18FN3O3S/c22-15-8-10-18(11-9-15)28-13-17(26)14-29-21-24-23-20(19-7-4-12-27-19)25(21)16-5-2-1-3-6-16/h1-12,17,26H,13-14H2. The third-order valence-electron chi connectivity index (χ3n) is 4.05. The first-order chi connectivity index (χ1) is 14.2. The molecule has 0 aliphatic heterocycles. The molecule has 0 aliphatic carbocycles. The molecular formula is C21H18FN3O3S. The number of nitrogens with zero attached hydrogens (tertiary/aromatic N) is 3. The molecule has 0 bridgehead atoms. The molecule has 2 aromatic carbocycles. The normalized spacial score (nSPS) is 12.1. The van der Waals surface area contributed by atoms with Crippen LogP contribution in [0.15, 0.2) is 82.6 Å². The molecule has 2 heterocycles. The molecular weight excluding hydrogens is 393 g/mol. The van der Waals surface area contributed by atoms with Crippen LogP contribution in [-0.2, 0) is 0 Å². The van der Waals surface area contributed by atoms with Crippen LogP contribution in [0.5, 0.6) is 5.75 Å². The molecule has 0 aliphatic rings. The van der Waals surface area contributed by atoms with Gasteiger partial charge in [0.05, 0.1) is 12.4 Å². The third-order valence-corrected chi connectivity index (χ3v) is 5.12. The maximum Gasteiger partial charge on any atom is 0.205 e. The summed E-state index contributed by atoms with van der Waals surface area (Å²) in [6, 6.07) is 19.0. The number of halogens is 1. The van der Waals surface area contributed by atoms with Crippen LogP contribution in [0.2, 0.25) is 0 Å². The number of aliphatic hydroxyl groups is 1. The molecule has 4 aromatic rings. The van der Waals surface area contributed by atoms with Crippen LogP contribution in [0.3, 0.4) is 0 Å². The fourth-order valence-electron chi connectivity index (χ4n) is 2.68. The Morgan fingerprint density at radius 2 is 1.83 bits per heavy atom. The van der Waals surface area contributed by atoms with Crippen LogP contribution in [0.25, 0.3) is 17.3 Å². The molecule has 0 spiro atoms. The molecule has 0 saturated heterocycles.